The Bertz CT molecular complexity index is 392. The monoisotopic (exact) mass is 236 g/mol. The predicted octanol–water partition coefficient (Wildman–Crippen LogP) is 1.87. The number of urea groups is 1. The van der Waals surface area contributed by atoms with Crippen molar-refractivity contribution in [1.29, 1.82) is 0 Å². The number of nitrogens with zero attached hydrogens (tertiary/aromatic N) is 1. The van der Waals surface area contributed by atoms with Crippen LogP contribution in [0.25, 0.3) is 0 Å². The Labute approximate surface area is 100 Å². The molecule has 1 aromatic carbocycles. The van der Waals surface area contributed by atoms with Gasteiger partial charge in [0.1, 0.15) is 0 Å². The minimum atomic E-state index is -0.913. The number of nitrogens with one attached hydrogen (secondary N) is 1. The summed E-state index contributed by atoms with van der Waals surface area (Å²) in [6.45, 7) is 1.74. The molecule has 1 aromatic rings. The lowest BCUT2D eigenvalue weighted by Gasteiger charge is -2.19. The fourth-order valence-corrected chi connectivity index (χ4v) is 1.31. The summed E-state index contributed by atoms with van der Waals surface area (Å²) in [5.41, 5.74) is 0.687. The molecule has 0 spiro atoms. The van der Waals surface area contributed by atoms with Gasteiger partial charge in [-0.15, -0.1) is 0 Å². The molecule has 0 aliphatic heterocycles. The van der Waals surface area contributed by atoms with Crippen molar-refractivity contribution >= 4 is 17.7 Å². The number of rotatable bonds is 4. The van der Waals surface area contributed by atoms with Crippen molar-refractivity contribution in [1.82, 2.24) is 4.90 Å². The van der Waals surface area contributed by atoms with Crippen molar-refractivity contribution in [3.05, 3.63) is 30.3 Å². The number of anilines is 1. The topological polar surface area (TPSA) is 69.6 Å². The SMILES string of the molecule is CC(CN(C)C(=O)Nc1ccccc1)C(=O)O. The van der Waals surface area contributed by atoms with Gasteiger partial charge in [-0.2, -0.15) is 0 Å². The highest BCUT2D eigenvalue weighted by Gasteiger charge is 2.17. The van der Waals surface area contributed by atoms with Crippen LogP contribution in [0.3, 0.4) is 0 Å². The number of aliphatic carboxylic acids is 1. The molecule has 1 unspecified atom stereocenters. The van der Waals surface area contributed by atoms with E-state index in [-0.39, 0.29) is 12.6 Å². The Kier molecular flexibility index (Phi) is 4.51. The Hall–Kier alpha value is -2.04. The van der Waals surface area contributed by atoms with Gasteiger partial charge in [0.2, 0.25) is 0 Å². The lowest BCUT2D eigenvalue weighted by atomic mass is 10.2. The van der Waals surface area contributed by atoms with Crippen LogP contribution in [0.4, 0.5) is 10.5 Å². The summed E-state index contributed by atoms with van der Waals surface area (Å²) in [5.74, 6) is -1.49. The molecule has 1 atom stereocenters. The molecule has 17 heavy (non-hydrogen) atoms. The molecule has 2 amide bonds. The molecule has 2 N–H and O–H groups in total. The third-order valence-corrected chi connectivity index (χ3v) is 2.34. The average molecular weight is 236 g/mol. The van der Waals surface area contributed by atoms with Crippen molar-refractivity contribution in [3.63, 3.8) is 0 Å². The highest BCUT2D eigenvalue weighted by Crippen LogP contribution is 2.07. The minimum Gasteiger partial charge on any atom is -0.481 e. The molecule has 0 fully saturated rings. The largest absolute Gasteiger partial charge is 0.481 e. The van der Waals surface area contributed by atoms with E-state index in [0.29, 0.717) is 5.69 Å². The zero-order valence-corrected chi connectivity index (χ0v) is 9.88. The minimum absolute atomic E-state index is 0.175. The van der Waals surface area contributed by atoms with Crippen LogP contribution in [0.15, 0.2) is 30.3 Å². The van der Waals surface area contributed by atoms with Gasteiger partial charge in [0.15, 0.2) is 0 Å². The number of carboxylic acid groups (broad SMARTS) is 1. The summed E-state index contributed by atoms with van der Waals surface area (Å²) in [4.78, 5) is 23.7. The number of amides is 2. The molecule has 92 valence electrons. The number of hydrogen-bond donors (Lipinski definition) is 2. The Morgan fingerprint density at radius 2 is 1.94 bits per heavy atom. The van der Waals surface area contributed by atoms with Crippen LogP contribution in [0, 0.1) is 5.92 Å². The van der Waals surface area contributed by atoms with Crippen LogP contribution in [-0.4, -0.2) is 35.6 Å². The maximum Gasteiger partial charge on any atom is 0.321 e. The van der Waals surface area contributed by atoms with Gasteiger partial charge in [-0.25, -0.2) is 4.79 Å². The summed E-state index contributed by atoms with van der Waals surface area (Å²) in [6.07, 6.45) is 0. The first-order valence-corrected chi connectivity index (χ1v) is 5.30. The standard InChI is InChI=1S/C12H16N2O3/c1-9(11(15)16)8-14(2)12(17)13-10-6-4-3-5-7-10/h3-7,9H,8H2,1-2H3,(H,13,17)(H,15,16). The zero-order valence-electron chi connectivity index (χ0n) is 9.88. The number of benzene rings is 1. The number of carboxylic acids is 1. The molecule has 5 heteroatoms. The van der Waals surface area contributed by atoms with E-state index < -0.39 is 11.9 Å². The van der Waals surface area contributed by atoms with E-state index in [0.717, 1.165) is 0 Å². The molecule has 0 saturated heterocycles. The number of para-hydroxylation sites is 1. The number of carbonyl (C=O) groups is 2. The molecule has 5 nitrogen and oxygen atoms in total. The zero-order chi connectivity index (χ0) is 12.8. The second-order valence-electron chi connectivity index (χ2n) is 3.92. The fraction of sp³-hybridized carbons (Fsp3) is 0.333. The summed E-state index contributed by atoms with van der Waals surface area (Å²) < 4.78 is 0. The van der Waals surface area contributed by atoms with E-state index in [1.165, 1.54) is 4.90 Å². The normalized spacial score (nSPS) is 11.6. The molecule has 0 aliphatic carbocycles. The first kappa shape index (κ1) is 13.0. The van der Waals surface area contributed by atoms with E-state index in [4.69, 9.17) is 5.11 Å². The van der Waals surface area contributed by atoms with Crippen molar-refractivity contribution in [2.75, 3.05) is 18.9 Å². The number of carbonyl (C=O) groups excluding carboxylic acids is 1. The van der Waals surface area contributed by atoms with E-state index in [2.05, 4.69) is 5.32 Å². The molecular weight excluding hydrogens is 220 g/mol. The molecule has 0 saturated carbocycles. The van der Waals surface area contributed by atoms with E-state index >= 15 is 0 Å². The van der Waals surface area contributed by atoms with Crippen LogP contribution in [0.1, 0.15) is 6.92 Å². The van der Waals surface area contributed by atoms with Crippen LogP contribution in [0.5, 0.6) is 0 Å². The summed E-state index contributed by atoms with van der Waals surface area (Å²) in [7, 11) is 1.57. The second kappa shape index (κ2) is 5.89. The predicted molar refractivity (Wildman–Crippen MR) is 64.9 cm³/mol. The van der Waals surface area contributed by atoms with Gasteiger partial charge in [-0.3, -0.25) is 4.79 Å². The molecule has 0 bridgehead atoms. The summed E-state index contributed by atoms with van der Waals surface area (Å²) >= 11 is 0. The van der Waals surface area contributed by atoms with Crippen LogP contribution in [-0.2, 0) is 4.79 Å². The van der Waals surface area contributed by atoms with Gasteiger partial charge in [-0.1, -0.05) is 25.1 Å². The second-order valence-corrected chi connectivity index (χ2v) is 3.92. The highest BCUT2D eigenvalue weighted by atomic mass is 16.4. The summed E-state index contributed by atoms with van der Waals surface area (Å²) in [6, 6.07) is 8.71. The van der Waals surface area contributed by atoms with Gasteiger partial charge in [-0.05, 0) is 12.1 Å². The summed E-state index contributed by atoms with van der Waals surface area (Å²) in [5, 5.41) is 11.4. The first-order valence-electron chi connectivity index (χ1n) is 5.30. The van der Waals surface area contributed by atoms with Crippen molar-refractivity contribution < 1.29 is 14.7 Å². The highest BCUT2D eigenvalue weighted by molar-refractivity contribution is 5.89. The van der Waals surface area contributed by atoms with Gasteiger partial charge in [0.05, 0.1) is 5.92 Å². The molecule has 1 rings (SSSR count). The average Bonchev–Trinajstić information content (AvgIpc) is 2.29. The molecule has 0 radical (unpaired) electrons. The lowest BCUT2D eigenvalue weighted by molar-refractivity contribution is -0.141. The van der Waals surface area contributed by atoms with Crippen molar-refractivity contribution in [2.24, 2.45) is 5.92 Å². The van der Waals surface area contributed by atoms with E-state index in [1.807, 2.05) is 18.2 Å². The third-order valence-electron chi connectivity index (χ3n) is 2.34. The molecule has 0 aromatic heterocycles. The lowest BCUT2D eigenvalue weighted by Crippen LogP contribution is -2.36. The quantitative estimate of drug-likeness (QED) is 0.838. The third kappa shape index (κ3) is 4.14. The molecular formula is C12H16N2O3. The van der Waals surface area contributed by atoms with Crippen molar-refractivity contribution in [2.45, 2.75) is 6.92 Å². The van der Waals surface area contributed by atoms with Crippen molar-refractivity contribution in [3.8, 4) is 0 Å². The Morgan fingerprint density at radius 3 is 2.47 bits per heavy atom. The van der Waals surface area contributed by atoms with Gasteiger partial charge < -0.3 is 15.3 Å². The van der Waals surface area contributed by atoms with Crippen LogP contribution >= 0.6 is 0 Å². The van der Waals surface area contributed by atoms with Crippen LogP contribution in [0.2, 0.25) is 0 Å². The molecule has 0 aliphatic rings. The Balaban J connectivity index is 2.50. The number of hydrogen-bond acceptors (Lipinski definition) is 2. The van der Waals surface area contributed by atoms with Gasteiger partial charge >= 0.3 is 12.0 Å². The fourth-order valence-electron chi connectivity index (χ4n) is 1.31. The smallest absolute Gasteiger partial charge is 0.321 e. The van der Waals surface area contributed by atoms with Gasteiger partial charge in [0.25, 0.3) is 0 Å². The van der Waals surface area contributed by atoms with Gasteiger partial charge in [0, 0.05) is 19.3 Å². The maximum atomic E-state index is 11.7. The van der Waals surface area contributed by atoms with E-state index in [1.54, 1.807) is 26.1 Å². The molecule has 0 heterocycles. The Morgan fingerprint density at radius 1 is 1.35 bits per heavy atom. The van der Waals surface area contributed by atoms with E-state index in [9.17, 15) is 9.59 Å². The van der Waals surface area contributed by atoms with Crippen LogP contribution < -0.4 is 5.32 Å². The maximum absolute atomic E-state index is 11.7. The first-order chi connectivity index (χ1) is 8.00.